The molecule has 3 aromatic rings. The average molecular weight is 323 g/mol. The lowest BCUT2D eigenvalue weighted by Gasteiger charge is -2.16. The van der Waals surface area contributed by atoms with Gasteiger partial charge >= 0.3 is 0 Å². The Labute approximate surface area is 138 Å². The van der Waals surface area contributed by atoms with Crippen molar-refractivity contribution in [2.45, 2.75) is 27.2 Å². The van der Waals surface area contributed by atoms with E-state index in [4.69, 9.17) is 0 Å². The van der Waals surface area contributed by atoms with Gasteiger partial charge in [0.25, 0.3) is 5.91 Å². The highest BCUT2D eigenvalue weighted by Crippen LogP contribution is 2.35. The number of fused-ring (bicyclic) bond motifs is 2. The Balaban J connectivity index is 1.83. The second-order valence-corrected chi connectivity index (χ2v) is 6.93. The number of hydrogen-bond donors (Lipinski definition) is 0. The standard InChI is InChI=1S/C18H17N3OS/c1-10-15-11(2)19-12(3)20-17(15)23-16(10)18(22)21-9-8-13-6-4-5-7-14(13)21/h4-7H,8-9H2,1-3H3. The number of para-hydroxylation sites is 1. The fourth-order valence-corrected chi connectivity index (χ4v) is 4.58. The van der Waals surface area contributed by atoms with Gasteiger partial charge in [-0.05, 0) is 44.4 Å². The number of anilines is 1. The fourth-order valence-electron chi connectivity index (χ4n) is 3.35. The minimum Gasteiger partial charge on any atom is -0.307 e. The molecule has 5 heteroatoms. The Kier molecular flexibility index (Phi) is 3.20. The van der Waals surface area contributed by atoms with E-state index >= 15 is 0 Å². The zero-order chi connectivity index (χ0) is 16.1. The van der Waals surface area contributed by atoms with Crippen molar-refractivity contribution in [1.82, 2.24) is 9.97 Å². The van der Waals surface area contributed by atoms with Crippen LogP contribution in [0.5, 0.6) is 0 Å². The number of thiophene rings is 1. The second-order valence-electron chi connectivity index (χ2n) is 5.93. The van der Waals surface area contributed by atoms with Gasteiger partial charge in [0.05, 0.1) is 4.88 Å². The number of amides is 1. The summed E-state index contributed by atoms with van der Waals surface area (Å²) in [7, 11) is 0. The molecule has 0 atom stereocenters. The molecule has 0 saturated carbocycles. The topological polar surface area (TPSA) is 46.1 Å². The smallest absolute Gasteiger partial charge is 0.268 e. The maximum atomic E-state index is 13.1. The van der Waals surface area contributed by atoms with Gasteiger partial charge in [0.2, 0.25) is 0 Å². The van der Waals surface area contributed by atoms with E-state index in [-0.39, 0.29) is 5.91 Å². The molecule has 0 radical (unpaired) electrons. The van der Waals surface area contributed by atoms with Crippen molar-refractivity contribution in [3.05, 3.63) is 51.8 Å². The largest absolute Gasteiger partial charge is 0.307 e. The predicted octanol–water partition coefficient (Wildman–Crippen LogP) is 3.82. The van der Waals surface area contributed by atoms with Gasteiger partial charge in [-0.15, -0.1) is 11.3 Å². The van der Waals surface area contributed by atoms with E-state index in [0.29, 0.717) is 0 Å². The summed E-state index contributed by atoms with van der Waals surface area (Å²) in [6.45, 7) is 6.62. The lowest BCUT2D eigenvalue weighted by Crippen LogP contribution is -2.28. The van der Waals surface area contributed by atoms with E-state index in [1.54, 1.807) is 0 Å². The highest BCUT2D eigenvalue weighted by Gasteiger charge is 2.28. The molecule has 116 valence electrons. The fraction of sp³-hybridized carbons (Fsp3) is 0.278. The Bertz CT molecular complexity index is 945. The summed E-state index contributed by atoms with van der Waals surface area (Å²) in [6.07, 6.45) is 0.920. The Morgan fingerprint density at radius 3 is 2.78 bits per heavy atom. The van der Waals surface area contributed by atoms with Crippen LogP contribution in [-0.4, -0.2) is 22.4 Å². The third-order valence-electron chi connectivity index (χ3n) is 4.41. The molecule has 23 heavy (non-hydrogen) atoms. The minimum absolute atomic E-state index is 0.0764. The van der Waals surface area contributed by atoms with Crippen molar-refractivity contribution in [3.63, 3.8) is 0 Å². The molecule has 0 saturated heterocycles. The predicted molar refractivity (Wildman–Crippen MR) is 93.4 cm³/mol. The number of benzene rings is 1. The van der Waals surface area contributed by atoms with Crippen LogP contribution in [0.4, 0.5) is 5.69 Å². The molecule has 1 aliphatic heterocycles. The molecule has 0 bridgehead atoms. The molecule has 1 amide bonds. The average Bonchev–Trinajstić information content (AvgIpc) is 3.08. The lowest BCUT2D eigenvalue weighted by atomic mass is 10.1. The van der Waals surface area contributed by atoms with E-state index in [1.807, 2.05) is 43.9 Å². The van der Waals surface area contributed by atoms with Crippen LogP contribution in [0.2, 0.25) is 0 Å². The first kappa shape index (κ1) is 14.3. The van der Waals surface area contributed by atoms with Crippen LogP contribution in [0, 0.1) is 20.8 Å². The summed E-state index contributed by atoms with van der Waals surface area (Å²) in [6, 6.07) is 8.14. The number of nitrogens with zero attached hydrogens (tertiary/aromatic N) is 3. The minimum atomic E-state index is 0.0764. The van der Waals surface area contributed by atoms with Gasteiger partial charge in [-0.25, -0.2) is 9.97 Å². The van der Waals surface area contributed by atoms with E-state index < -0.39 is 0 Å². The van der Waals surface area contributed by atoms with Crippen LogP contribution in [0.25, 0.3) is 10.2 Å². The van der Waals surface area contributed by atoms with E-state index in [2.05, 4.69) is 16.0 Å². The molecule has 0 spiro atoms. The Morgan fingerprint density at radius 1 is 1.17 bits per heavy atom. The monoisotopic (exact) mass is 323 g/mol. The first-order chi connectivity index (χ1) is 11.1. The van der Waals surface area contributed by atoms with Gasteiger partial charge < -0.3 is 4.90 Å². The summed E-state index contributed by atoms with van der Waals surface area (Å²) in [4.78, 5) is 25.6. The van der Waals surface area contributed by atoms with Gasteiger partial charge in [-0.2, -0.15) is 0 Å². The van der Waals surface area contributed by atoms with Crippen molar-refractivity contribution in [1.29, 1.82) is 0 Å². The molecular weight excluding hydrogens is 306 g/mol. The van der Waals surface area contributed by atoms with Gasteiger partial charge in [-0.1, -0.05) is 18.2 Å². The normalized spacial score (nSPS) is 13.6. The molecule has 0 fully saturated rings. The zero-order valence-electron chi connectivity index (χ0n) is 13.4. The second kappa shape index (κ2) is 5.13. The Morgan fingerprint density at radius 2 is 1.96 bits per heavy atom. The van der Waals surface area contributed by atoms with Gasteiger partial charge in [0.1, 0.15) is 10.7 Å². The molecule has 0 N–H and O–H groups in total. The van der Waals surface area contributed by atoms with Crippen molar-refractivity contribution >= 4 is 33.1 Å². The number of carbonyl (C=O) groups is 1. The summed E-state index contributed by atoms with van der Waals surface area (Å²) in [5.74, 6) is 0.828. The maximum Gasteiger partial charge on any atom is 0.268 e. The van der Waals surface area contributed by atoms with Crippen LogP contribution < -0.4 is 4.90 Å². The molecule has 2 aromatic heterocycles. The first-order valence-corrected chi connectivity index (χ1v) is 8.52. The molecule has 4 nitrogen and oxygen atoms in total. The summed E-state index contributed by atoms with van der Waals surface area (Å²) in [5.41, 5.74) is 4.22. The summed E-state index contributed by atoms with van der Waals surface area (Å²) < 4.78 is 0. The number of rotatable bonds is 1. The molecule has 0 aliphatic carbocycles. The molecule has 1 aliphatic rings. The highest BCUT2D eigenvalue weighted by atomic mass is 32.1. The number of aromatic nitrogens is 2. The van der Waals surface area contributed by atoms with Crippen LogP contribution in [0.3, 0.4) is 0 Å². The van der Waals surface area contributed by atoms with E-state index in [0.717, 1.165) is 50.8 Å². The van der Waals surface area contributed by atoms with Gasteiger partial charge in [0.15, 0.2) is 0 Å². The quantitative estimate of drug-likeness (QED) is 0.684. The molecule has 0 unspecified atom stereocenters. The molecule has 1 aromatic carbocycles. The summed E-state index contributed by atoms with van der Waals surface area (Å²) in [5, 5.41) is 1.02. The number of hydrogen-bond acceptors (Lipinski definition) is 4. The Hall–Kier alpha value is -2.27. The summed E-state index contributed by atoms with van der Waals surface area (Å²) >= 11 is 1.48. The number of aryl methyl sites for hydroxylation is 3. The van der Waals surface area contributed by atoms with Crippen molar-refractivity contribution in [2.24, 2.45) is 0 Å². The zero-order valence-corrected chi connectivity index (χ0v) is 14.2. The van der Waals surface area contributed by atoms with Gasteiger partial charge in [0, 0.05) is 23.3 Å². The number of carbonyl (C=O) groups excluding carboxylic acids is 1. The van der Waals surface area contributed by atoms with E-state index in [9.17, 15) is 4.79 Å². The molecule has 3 heterocycles. The molecule has 4 rings (SSSR count). The van der Waals surface area contributed by atoms with Crippen molar-refractivity contribution < 1.29 is 4.79 Å². The third-order valence-corrected chi connectivity index (χ3v) is 5.58. The van der Waals surface area contributed by atoms with Crippen LogP contribution in [-0.2, 0) is 6.42 Å². The highest BCUT2D eigenvalue weighted by molar-refractivity contribution is 7.20. The molecular formula is C18H17N3OS. The van der Waals surface area contributed by atoms with Crippen molar-refractivity contribution in [2.75, 3.05) is 11.4 Å². The van der Waals surface area contributed by atoms with Crippen molar-refractivity contribution in [3.8, 4) is 0 Å². The van der Waals surface area contributed by atoms with Crippen LogP contribution in [0.15, 0.2) is 24.3 Å². The lowest BCUT2D eigenvalue weighted by molar-refractivity contribution is 0.0993. The van der Waals surface area contributed by atoms with Crippen LogP contribution >= 0.6 is 11.3 Å². The SMILES string of the molecule is Cc1nc(C)c2c(C)c(C(=O)N3CCc4ccccc43)sc2n1. The van der Waals surface area contributed by atoms with Gasteiger partial charge in [-0.3, -0.25) is 4.79 Å². The maximum absolute atomic E-state index is 13.1. The van der Waals surface area contributed by atoms with Crippen LogP contribution in [0.1, 0.15) is 32.3 Å². The third kappa shape index (κ3) is 2.15. The van der Waals surface area contributed by atoms with E-state index in [1.165, 1.54) is 16.9 Å². The first-order valence-electron chi connectivity index (χ1n) is 7.70.